The maximum atomic E-state index is 11.8. The van der Waals surface area contributed by atoms with Crippen molar-refractivity contribution in [3.63, 3.8) is 0 Å². The Labute approximate surface area is 133 Å². The smallest absolute Gasteiger partial charge is 0.250 e. The molecule has 0 saturated carbocycles. The van der Waals surface area contributed by atoms with Crippen LogP contribution >= 0.6 is 12.2 Å². The van der Waals surface area contributed by atoms with Crippen LogP contribution in [0.25, 0.3) is 6.08 Å². The van der Waals surface area contributed by atoms with E-state index in [-0.39, 0.29) is 11.0 Å². The summed E-state index contributed by atoms with van der Waals surface area (Å²) in [6.07, 6.45) is 4.01. The molecule has 0 spiro atoms. The van der Waals surface area contributed by atoms with E-state index in [1.807, 2.05) is 37.3 Å². The molecule has 0 saturated heterocycles. The van der Waals surface area contributed by atoms with Crippen molar-refractivity contribution < 1.29 is 4.79 Å². The topological polar surface area (TPSA) is 84.7 Å². The van der Waals surface area contributed by atoms with E-state index in [1.165, 1.54) is 6.08 Å². The van der Waals surface area contributed by atoms with E-state index in [4.69, 9.17) is 12.2 Å². The summed E-state index contributed by atoms with van der Waals surface area (Å²) in [5.41, 5.74) is 0.934. The van der Waals surface area contributed by atoms with Crippen LogP contribution < -0.4 is 10.6 Å². The molecule has 0 bridgehead atoms. The van der Waals surface area contributed by atoms with Crippen LogP contribution in [0.3, 0.4) is 0 Å². The number of carbonyl (C=O) groups excluding carboxylic acids is 1. The molecule has 2 aromatic rings. The van der Waals surface area contributed by atoms with Crippen LogP contribution in [0.4, 0.5) is 5.95 Å². The highest BCUT2D eigenvalue weighted by atomic mass is 32.1. The Morgan fingerprint density at radius 3 is 2.86 bits per heavy atom. The highest BCUT2D eigenvalue weighted by molar-refractivity contribution is 7.80. The van der Waals surface area contributed by atoms with Gasteiger partial charge < -0.3 is 0 Å². The van der Waals surface area contributed by atoms with Gasteiger partial charge in [-0.05, 0) is 40.7 Å². The summed E-state index contributed by atoms with van der Waals surface area (Å²) in [7, 11) is 0. The molecule has 114 valence electrons. The second kappa shape index (κ2) is 7.99. The fourth-order valence-electron chi connectivity index (χ4n) is 1.68. The van der Waals surface area contributed by atoms with Gasteiger partial charge in [-0.1, -0.05) is 42.4 Å². The highest BCUT2D eigenvalue weighted by Gasteiger charge is 2.08. The zero-order chi connectivity index (χ0) is 15.8. The Balaban J connectivity index is 1.87. The van der Waals surface area contributed by atoms with Crippen LogP contribution in [-0.4, -0.2) is 31.2 Å². The Morgan fingerprint density at radius 2 is 2.14 bits per heavy atom. The van der Waals surface area contributed by atoms with Crippen molar-refractivity contribution in [2.75, 3.05) is 5.32 Å². The van der Waals surface area contributed by atoms with Crippen molar-refractivity contribution >= 4 is 35.3 Å². The molecule has 0 fully saturated rings. The number of benzene rings is 1. The normalized spacial score (nSPS) is 10.6. The molecule has 1 aromatic heterocycles. The van der Waals surface area contributed by atoms with E-state index in [9.17, 15) is 4.79 Å². The highest BCUT2D eigenvalue weighted by Crippen LogP contribution is 2.02. The maximum Gasteiger partial charge on any atom is 0.250 e. The van der Waals surface area contributed by atoms with E-state index in [2.05, 4.69) is 26.2 Å². The average molecular weight is 316 g/mol. The molecular weight excluding hydrogens is 300 g/mol. The summed E-state index contributed by atoms with van der Waals surface area (Å²) < 4.78 is 1.58. The van der Waals surface area contributed by atoms with Crippen LogP contribution in [0.2, 0.25) is 0 Å². The third kappa shape index (κ3) is 4.74. The number of hydrogen-bond donors (Lipinski definition) is 2. The van der Waals surface area contributed by atoms with E-state index in [0.717, 1.165) is 12.0 Å². The minimum absolute atomic E-state index is 0.148. The number of aryl methyl sites for hydroxylation is 1. The number of nitrogens with one attached hydrogen (secondary N) is 2. The number of hydrogen-bond acceptors (Lipinski definition) is 5. The second-order valence-electron chi connectivity index (χ2n) is 4.41. The molecule has 2 N–H and O–H groups in total. The molecule has 0 radical (unpaired) electrons. The fourth-order valence-corrected chi connectivity index (χ4v) is 1.87. The van der Waals surface area contributed by atoms with Gasteiger partial charge in [0.25, 0.3) is 0 Å². The molecule has 1 amide bonds. The predicted molar refractivity (Wildman–Crippen MR) is 87.9 cm³/mol. The molecule has 1 heterocycles. The summed E-state index contributed by atoms with van der Waals surface area (Å²) in [5, 5.41) is 16.7. The molecule has 7 nitrogen and oxygen atoms in total. The summed E-state index contributed by atoms with van der Waals surface area (Å²) in [4.78, 5) is 11.8. The molecule has 22 heavy (non-hydrogen) atoms. The third-order valence-electron chi connectivity index (χ3n) is 2.66. The maximum absolute atomic E-state index is 11.8. The lowest BCUT2D eigenvalue weighted by Crippen LogP contribution is -2.33. The number of carbonyl (C=O) groups is 1. The Bertz CT molecular complexity index is 667. The fraction of sp³-hybridized carbons (Fsp3) is 0.214. The summed E-state index contributed by atoms with van der Waals surface area (Å²) >= 11 is 5.07. The van der Waals surface area contributed by atoms with Gasteiger partial charge in [0, 0.05) is 12.6 Å². The Kier molecular flexibility index (Phi) is 5.73. The number of tetrazole rings is 1. The summed E-state index contributed by atoms with van der Waals surface area (Å²) in [5.74, 6) is 0.0788. The largest absolute Gasteiger partial charge is 0.300 e. The molecule has 8 heteroatoms. The number of anilines is 1. The van der Waals surface area contributed by atoms with Crippen molar-refractivity contribution in [3.05, 3.63) is 42.0 Å². The first-order valence-electron chi connectivity index (χ1n) is 6.80. The molecule has 0 aliphatic rings. The van der Waals surface area contributed by atoms with Crippen molar-refractivity contribution in [1.82, 2.24) is 25.5 Å². The molecule has 0 unspecified atom stereocenters. The second-order valence-corrected chi connectivity index (χ2v) is 4.82. The number of rotatable bonds is 5. The van der Waals surface area contributed by atoms with Crippen molar-refractivity contribution in [2.24, 2.45) is 0 Å². The van der Waals surface area contributed by atoms with Crippen LogP contribution in [0.15, 0.2) is 36.4 Å². The van der Waals surface area contributed by atoms with Gasteiger partial charge in [0.15, 0.2) is 5.11 Å². The quantitative estimate of drug-likeness (QED) is 0.644. The summed E-state index contributed by atoms with van der Waals surface area (Å²) in [6, 6.07) is 9.52. The van der Waals surface area contributed by atoms with Crippen LogP contribution in [-0.2, 0) is 11.3 Å². The number of nitrogens with zero attached hydrogens (tertiary/aromatic N) is 4. The van der Waals surface area contributed by atoms with Gasteiger partial charge >= 0.3 is 0 Å². The minimum atomic E-state index is -0.323. The van der Waals surface area contributed by atoms with E-state index in [1.54, 1.807) is 10.8 Å². The van der Waals surface area contributed by atoms with E-state index >= 15 is 0 Å². The van der Waals surface area contributed by atoms with Crippen LogP contribution in [0, 0.1) is 0 Å². The molecular formula is C14H16N6OS. The number of aromatic nitrogens is 4. The molecule has 2 rings (SSSR count). The Hall–Kier alpha value is -2.61. The van der Waals surface area contributed by atoms with Crippen LogP contribution in [0.5, 0.6) is 0 Å². The zero-order valence-electron chi connectivity index (χ0n) is 12.1. The first-order valence-corrected chi connectivity index (χ1v) is 7.21. The van der Waals surface area contributed by atoms with Gasteiger partial charge in [0.1, 0.15) is 0 Å². The molecule has 0 aliphatic carbocycles. The van der Waals surface area contributed by atoms with Gasteiger partial charge in [0.2, 0.25) is 11.9 Å². The van der Waals surface area contributed by atoms with Gasteiger partial charge in [-0.3, -0.25) is 15.4 Å². The predicted octanol–water partition coefficient (Wildman–Crippen LogP) is 1.61. The Morgan fingerprint density at radius 1 is 1.36 bits per heavy atom. The lowest BCUT2D eigenvalue weighted by Gasteiger charge is -2.07. The lowest BCUT2D eigenvalue weighted by atomic mass is 10.2. The first-order chi connectivity index (χ1) is 10.7. The van der Waals surface area contributed by atoms with Crippen molar-refractivity contribution in [2.45, 2.75) is 19.9 Å². The third-order valence-corrected chi connectivity index (χ3v) is 2.86. The first kappa shape index (κ1) is 15.8. The minimum Gasteiger partial charge on any atom is -0.300 e. The van der Waals surface area contributed by atoms with Gasteiger partial charge in [-0.2, -0.15) is 0 Å². The van der Waals surface area contributed by atoms with Gasteiger partial charge in [0.05, 0.1) is 0 Å². The van der Waals surface area contributed by atoms with E-state index < -0.39 is 0 Å². The van der Waals surface area contributed by atoms with Crippen LogP contribution in [0.1, 0.15) is 18.9 Å². The standard InChI is InChI=1S/C14H16N6OS/c1-2-10-20-13(17-18-19-20)16-14(22)15-12(21)9-8-11-6-4-3-5-7-11/h3-9H,2,10H2,1H3,(H2,15,16,17,19,21,22)/b9-8+. The van der Waals surface area contributed by atoms with Crippen molar-refractivity contribution in [3.8, 4) is 0 Å². The molecule has 0 aliphatic heterocycles. The zero-order valence-corrected chi connectivity index (χ0v) is 12.9. The number of thiocarbonyl (C=S) groups is 1. The van der Waals surface area contributed by atoms with Gasteiger partial charge in [-0.15, -0.1) is 0 Å². The average Bonchev–Trinajstić information content (AvgIpc) is 2.93. The summed E-state index contributed by atoms with van der Waals surface area (Å²) in [6.45, 7) is 2.68. The van der Waals surface area contributed by atoms with E-state index in [0.29, 0.717) is 12.5 Å². The van der Waals surface area contributed by atoms with Crippen molar-refractivity contribution in [1.29, 1.82) is 0 Å². The SMILES string of the molecule is CCCn1nnnc1NC(=S)NC(=O)/C=C/c1ccccc1. The lowest BCUT2D eigenvalue weighted by molar-refractivity contribution is -0.115. The van der Waals surface area contributed by atoms with Gasteiger partial charge in [-0.25, -0.2) is 4.68 Å². The number of amides is 1. The molecule has 1 aromatic carbocycles. The monoisotopic (exact) mass is 316 g/mol. The molecule has 0 atom stereocenters.